The molecule has 1 atom stereocenters. The topological polar surface area (TPSA) is 65.2 Å². The maximum Gasteiger partial charge on any atom is 0.249 e. The van der Waals surface area contributed by atoms with Gasteiger partial charge in [0.05, 0.1) is 16.7 Å². The molecule has 0 fully saturated rings. The highest BCUT2D eigenvalue weighted by Gasteiger charge is 2.30. The third-order valence-electron chi connectivity index (χ3n) is 1.89. The molecule has 0 aromatic carbocycles. The van der Waals surface area contributed by atoms with Gasteiger partial charge in [0, 0.05) is 0 Å². The molecule has 4 nitrogen and oxygen atoms in total. The summed E-state index contributed by atoms with van der Waals surface area (Å²) in [7, 11) is 0. The van der Waals surface area contributed by atoms with Gasteiger partial charge in [-0.3, -0.25) is 10.1 Å². The average Bonchev–Trinajstić information content (AvgIpc) is 2.69. The lowest BCUT2D eigenvalue weighted by Gasteiger charge is -2.16. The van der Waals surface area contributed by atoms with Gasteiger partial charge in [-0.2, -0.15) is 5.26 Å². The van der Waals surface area contributed by atoms with Crippen LogP contribution in [0.3, 0.4) is 0 Å². The lowest BCUT2D eigenvalue weighted by molar-refractivity contribution is -0.120. The number of thiophene rings is 1. The standard InChI is InChI=1S/C9H5N3OS2/c10-4-5-7(6-2-1-3-15-6)11-9(14)12-8(5)13/h1-3,5H,(H,12,13,14). The fourth-order valence-electron chi connectivity index (χ4n) is 1.25. The van der Waals surface area contributed by atoms with Crippen molar-refractivity contribution in [3.63, 3.8) is 0 Å². The van der Waals surface area contributed by atoms with E-state index in [0.29, 0.717) is 5.71 Å². The maximum atomic E-state index is 11.4. The highest BCUT2D eigenvalue weighted by Crippen LogP contribution is 2.18. The molecule has 0 saturated heterocycles. The molecule has 74 valence electrons. The van der Waals surface area contributed by atoms with E-state index in [1.54, 1.807) is 0 Å². The Bertz CT molecular complexity index is 484. The molecule has 2 heterocycles. The molecule has 0 spiro atoms. The quantitative estimate of drug-likeness (QED) is 0.741. The zero-order valence-corrected chi connectivity index (χ0v) is 9.06. The van der Waals surface area contributed by atoms with Crippen molar-refractivity contribution in [3.05, 3.63) is 22.4 Å². The summed E-state index contributed by atoms with van der Waals surface area (Å²) in [4.78, 5) is 16.3. The Morgan fingerprint density at radius 3 is 3.07 bits per heavy atom. The van der Waals surface area contributed by atoms with Gasteiger partial charge in [-0.25, -0.2) is 4.99 Å². The van der Waals surface area contributed by atoms with Crippen molar-refractivity contribution >= 4 is 40.3 Å². The summed E-state index contributed by atoms with van der Waals surface area (Å²) in [5.74, 6) is -1.27. The van der Waals surface area contributed by atoms with Crippen LogP contribution in [0.2, 0.25) is 0 Å². The number of hydrogen-bond acceptors (Lipinski definition) is 4. The average molecular weight is 235 g/mol. The molecule has 1 unspecified atom stereocenters. The van der Waals surface area contributed by atoms with Gasteiger partial charge in [-0.1, -0.05) is 6.07 Å². The lowest BCUT2D eigenvalue weighted by atomic mass is 10.0. The molecule has 0 aliphatic carbocycles. The number of amides is 1. The molecule has 1 amide bonds. The van der Waals surface area contributed by atoms with Crippen LogP contribution >= 0.6 is 23.6 Å². The summed E-state index contributed by atoms with van der Waals surface area (Å²) in [6, 6.07) is 5.57. The minimum atomic E-state index is -0.865. The minimum Gasteiger partial charge on any atom is -0.300 e. The van der Waals surface area contributed by atoms with E-state index < -0.39 is 11.8 Å². The number of rotatable bonds is 1. The number of nitriles is 1. The number of thiocarbonyl (C=S) groups is 1. The van der Waals surface area contributed by atoms with Gasteiger partial charge in [0.1, 0.15) is 0 Å². The van der Waals surface area contributed by atoms with E-state index in [-0.39, 0.29) is 5.11 Å². The molecule has 15 heavy (non-hydrogen) atoms. The van der Waals surface area contributed by atoms with Crippen LogP contribution in [0.5, 0.6) is 0 Å². The monoisotopic (exact) mass is 235 g/mol. The van der Waals surface area contributed by atoms with Crippen LogP contribution in [0.15, 0.2) is 22.5 Å². The molecule has 6 heteroatoms. The van der Waals surface area contributed by atoms with Gasteiger partial charge in [0.2, 0.25) is 5.91 Å². The number of aliphatic imine (C=N–C) groups is 1. The van der Waals surface area contributed by atoms with E-state index in [4.69, 9.17) is 17.5 Å². The van der Waals surface area contributed by atoms with Crippen LogP contribution in [0.25, 0.3) is 0 Å². The van der Waals surface area contributed by atoms with E-state index in [2.05, 4.69) is 10.3 Å². The van der Waals surface area contributed by atoms with Gasteiger partial charge >= 0.3 is 0 Å². The van der Waals surface area contributed by atoms with Gasteiger partial charge in [0.25, 0.3) is 0 Å². The van der Waals surface area contributed by atoms with Crippen molar-refractivity contribution in [3.8, 4) is 6.07 Å². The van der Waals surface area contributed by atoms with Gasteiger partial charge in [-0.05, 0) is 23.7 Å². The van der Waals surface area contributed by atoms with Crippen molar-refractivity contribution < 1.29 is 4.79 Å². The normalized spacial score (nSPS) is 20.5. The first-order valence-corrected chi connectivity index (χ1v) is 5.38. The molecule has 1 N–H and O–H groups in total. The summed E-state index contributed by atoms with van der Waals surface area (Å²) < 4.78 is 0. The number of hydrogen-bond donors (Lipinski definition) is 1. The van der Waals surface area contributed by atoms with Crippen LogP contribution in [0.4, 0.5) is 0 Å². The number of carbonyl (C=O) groups excluding carboxylic acids is 1. The summed E-state index contributed by atoms with van der Waals surface area (Å²) in [5, 5.41) is 13.2. The second-order valence-electron chi connectivity index (χ2n) is 2.83. The SMILES string of the molecule is N#CC1C(=O)NC(=S)N=C1c1cccs1. The molecule has 2 rings (SSSR count). The molecule has 1 aromatic rings. The summed E-state index contributed by atoms with van der Waals surface area (Å²) in [5.41, 5.74) is 0.446. The molecule has 1 aliphatic rings. The van der Waals surface area contributed by atoms with Gasteiger partial charge in [-0.15, -0.1) is 11.3 Å². The summed E-state index contributed by atoms with van der Waals surface area (Å²) in [6.45, 7) is 0. The van der Waals surface area contributed by atoms with Gasteiger partial charge in [0.15, 0.2) is 11.0 Å². The fraction of sp³-hybridized carbons (Fsp3) is 0.111. The predicted octanol–water partition coefficient (Wildman–Crippen LogP) is 1.09. The fourth-order valence-corrected chi connectivity index (χ4v) is 2.19. The molecule has 0 saturated carbocycles. The van der Waals surface area contributed by atoms with Crippen molar-refractivity contribution in [2.75, 3.05) is 0 Å². The predicted molar refractivity (Wildman–Crippen MR) is 60.7 cm³/mol. The maximum absolute atomic E-state index is 11.4. The van der Waals surface area contributed by atoms with Gasteiger partial charge < -0.3 is 0 Å². The van der Waals surface area contributed by atoms with Crippen molar-refractivity contribution in [2.45, 2.75) is 0 Å². The Morgan fingerprint density at radius 1 is 1.67 bits per heavy atom. The first kappa shape index (κ1) is 9.96. The first-order valence-electron chi connectivity index (χ1n) is 4.09. The summed E-state index contributed by atoms with van der Waals surface area (Å²) in [6.07, 6.45) is 0. The molecular weight excluding hydrogens is 230 g/mol. The first-order chi connectivity index (χ1) is 7.22. The minimum absolute atomic E-state index is 0.120. The van der Waals surface area contributed by atoms with E-state index in [1.807, 2.05) is 23.6 Å². The van der Waals surface area contributed by atoms with Crippen LogP contribution < -0.4 is 5.32 Å². The molecule has 1 aliphatic heterocycles. The van der Waals surface area contributed by atoms with Crippen molar-refractivity contribution in [2.24, 2.45) is 10.9 Å². The number of nitrogens with zero attached hydrogens (tertiary/aromatic N) is 2. The Kier molecular flexibility index (Phi) is 2.58. The van der Waals surface area contributed by atoms with E-state index in [0.717, 1.165) is 4.88 Å². The zero-order chi connectivity index (χ0) is 10.8. The van der Waals surface area contributed by atoms with Crippen LogP contribution in [-0.4, -0.2) is 16.7 Å². The van der Waals surface area contributed by atoms with E-state index in [1.165, 1.54) is 11.3 Å². The van der Waals surface area contributed by atoms with Crippen LogP contribution in [-0.2, 0) is 4.79 Å². The smallest absolute Gasteiger partial charge is 0.249 e. The van der Waals surface area contributed by atoms with E-state index >= 15 is 0 Å². The largest absolute Gasteiger partial charge is 0.300 e. The zero-order valence-electron chi connectivity index (χ0n) is 7.43. The van der Waals surface area contributed by atoms with Crippen LogP contribution in [0.1, 0.15) is 4.88 Å². The molecular formula is C9H5N3OS2. The molecule has 0 radical (unpaired) electrons. The third kappa shape index (κ3) is 1.79. The van der Waals surface area contributed by atoms with Crippen molar-refractivity contribution in [1.29, 1.82) is 5.26 Å². The van der Waals surface area contributed by atoms with Crippen molar-refractivity contribution in [1.82, 2.24) is 5.32 Å². The lowest BCUT2D eigenvalue weighted by Crippen LogP contribution is -2.42. The molecule has 0 bridgehead atoms. The summed E-state index contributed by atoms with van der Waals surface area (Å²) >= 11 is 6.24. The Hall–Kier alpha value is -1.58. The number of carbonyl (C=O) groups is 1. The Balaban J connectivity index is 2.48. The van der Waals surface area contributed by atoms with E-state index in [9.17, 15) is 4.79 Å². The molecule has 1 aromatic heterocycles. The second-order valence-corrected chi connectivity index (χ2v) is 4.17. The highest BCUT2D eigenvalue weighted by molar-refractivity contribution is 7.80. The van der Waals surface area contributed by atoms with Crippen LogP contribution in [0, 0.1) is 17.2 Å². The second kappa shape index (κ2) is 3.88. The number of nitrogens with one attached hydrogen (secondary N) is 1. The highest BCUT2D eigenvalue weighted by atomic mass is 32.1. The third-order valence-corrected chi connectivity index (χ3v) is 2.98. The Labute approximate surface area is 95.2 Å². The Morgan fingerprint density at radius 2 is 2.47 bits per heavy atom.